The number of rotatable bonds is 2. The molecule has 1 heterocycles. The van der Waals surface area contributed by atoms with Crippen LogP contribution in [0.4, 0.5) is 0 Å². The molecule has 2 bridgehead atoms. The molecular weight excluding hydrogens is 254 g/mol. The Balaban J connectivity index is 1.50. The molecule has 0 spiro atoms. The lowest BCUT2D eigenvalue weighted by Gasteiger charge is -2.35. The largest absolute Gasteiger partial charge is 0.409 e. The first-order valence-electron chi connectivity index (χ1n) is 8.00. The number of nitrogens with zero attached hydrogens (tertiary/aromatic N) is 2. The average Bonchev–Trinajstić information content (AvgIpc) is 2.93. The number of carbonyl (C=O) groups is 1. The third-order valence-electron chi connectivity index (χ3n) is 6.26. The summed E-state index contributed by atoms with van der Waals surface area (Å²) in [6.07, 6.45) is 6.95. The molecule has 0 aromatic carbocycles. The van der Waals surface area contributed by atoms with Gasteiger partial charge >= 0.3 is 0 Å². The fourth-order valence-corrected chi connectivity index (χ4v) is 5.42. The zero-order valence-corrected chi connectivity index (χ0v) is 11.7. The molecule has 5 atom stereocenters. The van der Waals surface area contributed by atoms with E-state index in [1.165, 1.54) is 19.3 Å². The molecule has 4 aliphatic rings. The van der Waals surface area contributed by atoms with Gasteiger partial charge in [0, 0.05) is 12.5 Å². The molecule has 0 aromatic rings. The van der Waals surface area contributed by atoms with Gasteiger partial charge in [0.2, 0.25) is 5.91 Å². The van der Waals surface area contributed by atoms with Crippen molar-refractivity contribution >= 4 is 11.7 Å². The molecule has 1 amide bonds. The van der Waals surface area contributed by atoms with Gasteiger partial charge in [0.15, 0.2) is 5.84 Å². The van der Waals surface area contributed by atoms with Crippen molar-refractivity contribution in [1.82, 2.24) is 4.90 Å². The SMILES string of the molecule is NC(=NO)C1CCCCN1C(=O)C1C2C3CCC(C3)C12. The Kier molecular flexibility index (Phi) is 2.72. The maximum Gasteiger partial charge on any atom is 0.226 e. The van der Waals surface area contributed by atoms with Crippen molar-refractivity contribution in [3.05, 3.63) is 0 Å². The molecule has 3 N–H and O–H groups in total. The second-order valence-electron chi connectivity index (χ2n) is 7.08. The highest BCUT2D eigenvalue weighted by atomic mass is 16.4. The Morgan fingerprint density at radius 3 is 2.50 bits per heavy atom. The van der Waals surface area contributed by atoms with Gasteiger partial charge in [0.1, 0.15) is 0 Å². The third kappa shape index (κ3) is 1.61. The number of hydrogen-bond donors (Lipinski definition) is 2. The molecule has 4 fully saturated rings. The number of amides is 1. The van der Waals surface area contributed by atoms with Crippen LogP contribution in [-0.2, 0) is 4.79 Å². The third-order valence-corrected chi connectivity index (χ3v) is 6.26. The smallest absolute Gasteiger partial charge is 0.226 e. The van der Waals surface area contributed by atoms with Crippen LogP contribution in [0.25, 0.3) is 0 Å². The quantitative estimate of drug-likeness (QED) is 0.346. The minimum Gasteiger partial charge on any atom is -0.409 e. The molecule has 1 aliphatic heterocycles. The number of piperidine rings is 1. The van der Waals surface area contributed by atoms with E-state index < -0.39 is 0 Å². The molecule has 110 valence electrons. The standard InChI is InChI=1S/C15H23N3O2/c16-14(17-20)10-3-1-2-6-18(10)15(19)13-11-8-4-5-9(7-8)12(11)13/h8-13,20H,1-7H2,(H2,16,17). The number of fused-ring (bicyclic) bond motifs is 5. The van der Waals surface area contributed by atoms with Gasteiger partial charge < -0.3 is 15.8 Å². The normalized spacial score (nSPS) is 46.4. The minimum atomic E-state index is -0.180. The van der Waals surface area contributed by atoms with E-state index in [2.05, 4.69) is 5.16 Å². The lowest BCUT2D eigenvalue weighted by molar-refractivity contribution is -0.135. The summed E-state index contributed by atoms with van der Waals surface area (Å²) in [5.41, 5.74) is 5.79. The van der Waals surface area contributed by atoms with Crippen LogP contribution in [0.2, 0.25) is 0 Å². The summed E-state index contributed by atoms with van der Waals surface area (Å²) < 4.78 is 0. The topological polar surface area (TPSA) is 78.9 Å². The Bertz CT molecular complexity index is 448. The van der Waals surface area contributed by atoms with Crippen LogP contribution in [-0.4, -0.2) is 34.4 Å². The number of amidine groups is 1. The molecule has 3 aliphatic carbocycles. The fourth-order valence-electron chi connectivity index (χ4n) is 5.42. The predicted molar refractivity (Wildman–Crippen MR) is 74.1 cm³/mol. The molecule has 4 rings (SSSR count). The Morgan fingerprint density at radius 1 is 1.15 bits per heavy atom. The molecule has 20 heavy (non-hydrogen) atoms. The highest BCUT2D eigenvalue weighted by Gasteiger charge is 2.68. The van der Waals surface area contributed by atoms with Crippen LogP contribution in [0.1, 0.15) is 38.5 Å². The second-order valence-corrected chi connectivity index (χ2v) is 7.08. The van der Waals surface area contributed by atoms with Gasteiger partial charge in [0.05, 0.1) is 6.04 Å². The summed E-state index contributed by atoms with van der Waals surface area (Å²) in [6, 6.07) is -0.180. The van der Waals surface area contributed by atoms with Gasteiger partial charge in [-0.15, -0.1) is 0 Å². The van der Waals surface area contributed by atoms with E-state index in [4.69, 9.17) is 10.9 Å². The molecule has 0 aromatic heterocycles. The van der Waals surface area contributed by atoms with E-state index >= 15 is 0 Å². The van der Waals surface area contributed by atoms with Crippen molar-refractivity contribution in [2.24, 2.45) is 40.5 Å². The van der Waals surface area contributed by atoms with Crippen LogP contribution < -0.4 is 5.73 Å². The van der Waals surface area contributed by atoms with Crippen molar-refractivity contribution in [1.29, 1.82) is 0 Å². The van der Waals surface area contributed by atoms with E-state index in [1.807, 2.05) is 4.90 Å². The summed E-state index contributed by atoms with van der Waals surface area (Å²) in [5.74, 6) is 3.69. The van der Waals surface area contributed by atoms with Gasteiger partial charge in [-0.05, 0) is 62.2 Å². The average molecular weight is 277 g/mol. The minimum absolute atomic E-state index is 0.180. The summed E-state index contributed by atoms with van der Waals surface area (Å²) in [5, 5.41) is 12.1. The van der Waals surface area contributed by atoms with Crippen molar-refractivity contribution < 1.29 is 10.0 Å². The molecule has 1 saturated heterocycles. The number of nitrogens with two attached hydrogens (primary N) is 1. The van der Waals surface area contributed by atoms with E-state index in [-0.39, 0.29) is 23.7 Å². The van der Waals surface area contributed by atoms with Crippen LogP contribution in [0, 0.1) is 29.6 Å². The van der Waals surface area contributed by atoms with Crippen molar-refractivity contribution in [3.8, 4) is 0 Å². The number of likely N-dealkylation sites (tertiary alicyclic amines) is 1. The van der Waals surface area contributed by atoms with Gasteiger partial charge in [-0.3, -0.25) is 4.79 Å². The Hall–Kier alpha value is -1.26. The lowest BCUT2D eigenvalue weighted by Crippen LogP contribution is -2.51. The highest BCUT2D eigenvalue weighted by molar-refractivity contribution is 5.92. The Morgan fingerprint density at radius 2 is 1.85 bits per heavy atom. The van der Waals surface area contributed by atoms with Gasteiger partial charge in [-0.2, -0.15) is 0 Å². The van der Waals surface area contributed by atoms with Crippen LogP contribution in [0.15, 0.2) is 5.16 Å². The van der Waals surface area contributed by atoms with Gasteiger partial charge in [0.25, 0.3) is 0 Å². The molecule has 5 unspecified atom stereocenters. The van der Waals surface area contributed by atoms with Crippen LogP contribution >= 0.6 is 0 Å². The van der Waals surface area contributed by atoms with E-state index in [1.54, 1.807) is 0 Å². The maximum atomic E-state index is 12.9. The zero-order chi connectivity index (χ0) is 13.9. The van der Waals surface area contributed by atoms with Crippen molar-refractivity contribution in [2.45, 2.75) is 44.6 Å². The first-order valence-corrected chi connectivity index (χ1v) is 8.00. The first-order chi connectivity index (χ1) is 9.72. The van der Waals surface area contributed by atoms with Crippen molar-refractivity contribution in [2.75, 3.05) is 6.54 Å². The first kappa shape index (κ1) is 12.5. The van der Waals surface area contributed by atoms with Gasteiger partial charge in [-0.1, -0.05) is 5.16 Å². The van der Waals surface area contributed by atoms with E-state index in [0.29, 0.717) is 11.8 Å². The Labute approximate surface area is 119 Å². The summed E-state index contributed by atoms with van der Waals surface area (Å²) in [7, 11) is 0. The lowest BCUT2D eigenvalue weighted by atomic mass is 9.97. The molecule has 3 saturated carbocycles. The highest BCUT2D eigenvalue weighted by Crippen LogP contribution is 2.69. The zero-order valence-electron chi connectivity index (χ0n) is 11.7. The second kappa shape index (κ2) is 4.37. The maximum absolute atomic E-state index is 12.9. The van der Waals surface area contributed by atoms with Crippen LogP contribution in [0.3, 0.4) is 0 Å². The predicted octanol–water partition coefficient (Wildman–Crippen LogP) is 1.41. The van der Waals surface area contributed by atoms with Crippen LogP contribution in [0.5, 0.6) is 0 Å². The summed E-state index contributed by atoms with van der Waals surface area (Å²) in [6.45, 7) is 0.769. The van der Waals surface area contributed by atoms with Gasteiger partial charge in [-0.25, -0.2) is 0 Å². The number of hydrogen-bond acceptors (Lipinski definition) is 3. The fraction of sp³-hybridized carbons (Fsp3) is 0.867. The molecule has 5 heteroatoms. The summed E-state index contributed by atoms with van der Waals surface area (Å²) >= 11 is 0. The number of oxime groups is 1. The summed E-state index contributed by atoms with van der Waals surface area (Å²) in [4.78, 5) is 14.8. The molecule has 0 radical (unpaired) electrons. The number of carbonyl (C=O) groups excluding carboxylic acids is 1. The van der Waals surface area contributed by atoms with E-state index in [0.717, 1.165) is 37.6 Å². The van der Waals surface area contributed by atoms with Crippen molar-refractivity contribution in [3.63, 3.8) is 0 Å². The monoisotopic (exact) mass is 277 g/mol. The van der Waals surface area contributed by atoms with E-state index in [9.17, 15) is 4.79 Å². The molecule has 5 nitrogen and oxygen atoms in total. The molecular formula is C15H23N3O2.